The first kappa shape index (κ1) is 18.0. The van der Waals surface area contributed by atoms with Crippen LogP contribution in [0.3, 0.4) is 0 Å². The minimum atomic E-state index is -0.714. The second-order valence-electron chi connectivity index (χ2n) is 5.36. The molecule has 0 radical (unpaired) electrons. The zero-order valence-electron chi connectivity index (χ0n) is 13.9. The van der Waals surface area contributed by atoms with E-state index in [0.717, 1.165) is 6.07 Å². The van der Waals surface area contributed by atoms with Gasteiger partial charge in [0.25, 0.3) is 5.91 Å². The summed E-state index contributed by atoms with van der Waals surface area (Å²) >= 11 is 0. The predicted molar refractivity (Wildman–Crippen MR) is 86.3 cm³/mol. The molecule has 0 bridgehead atoms. The van der Waals surface area contributed by atoms with Crippen molar-refractivity contribution >= 4 is 5.91 Å². The highest BCUT2D eigenvalue weighted by Gasteiger charge is 2.30. The van der Waals surface area contributed by atoms with E-state index < -0.39 is 23.8 Å². The van der Waals surface area contributed by atoms with Crippen molar-refractivity contribution < 1.29 is 18.3 Å². The van der Waals surface area contributed by atoms with Crippen LogP contribution in [0.4, 0.5) is 8.78 Å². The van der Waals surface area contributed by atoms with Gasteiger partial charge in [0.15, 0.2) is 0 Å². The summed E-state index contributed by atoms with van der Waals surface area (Å²) in [5.41, 5.74) is 0.851. The highest BCUT2D eigenvalue weighted by atomic mass is 19.1. The first-order valence-electron chi connectivity index (χ1n) is 7.67. The average molecular weight is 334 g/mol. The maximum absolute atomic E-state index is 14.4. The number of benzene rings is 1. The SMILES string of the molecule is CCN(C(=O)[C@H](C)OC)[C@H](c1cccnc1)c1ccc(F)cc1F. The molecule has 24 heavy (non-hydrogen) atoms. The van der Waals surface area contributed by atoms with E-state index in [4.69, 9.17) is 4.74 Å². The van der Waals surface area contributed by atoms with E-state index in [0.29, 0.717) is 12.1 Å². The van der Waals surface area contributed by atoms with Gasteiger partial charge in [0.05, 0.1) is 6.04 Å². The maximum atomic E-state index is 14.4. The van der Waals surface area contributed by atoms with Crippen LogP contribution in [0.25, 0.3) is 0 Å². The summed E-state index contributed by atoms with van der Waals surface area (Å²) in [4.78, 5) is 18.2. The Kier molecular flexibility index (Phi) is 5.98. The Bertz CT molecular complexity index is 695. The van der Waals surface area contributed by atoms with Crippen LogP contribution in [0.1, 0.15) is 31.0 Å². The minimum absolute atomic E-state index is 0.211. The lowest BCUT2D eigenvalue weighted by Gasteiger charge is -2.33. The van der Waals surface area contributed by atoms with E-state index in [1.807, 2.05) is 0 Å². The number of amides is 1. The summed E-state index contributed by atoms with van der Waals surface area (Å²) in [5, 5.41) is 0. The number of nitrogens with zero attached hydrogens (tertiary/aromatic N) is 2. The molecule has 0 saturated heterocycles. The van der Waals surface area contributed by atoms with Crippen molar-refractivity contribution in [3.8, 4) is 0 Å². The van der Waals surface area contributed by atoms with Crippen LogP contribution in [0, 0.1) is 11.6 Å². The number of ether oxygens (including phenoxy) is 1. The Morgan fingerprint density at radius 1 is 1.33 bits per heavy atom. The second-order valence-corrected chi connectivity index (χ2v) is 5.36. The van der Waals surface area contributed by atoms with E-state index in [1.54, 1.807) is 38.4 Å². The quantitative estimate of drug-likeness (QED) is 0.814. The van der Waals surface area contributed by atoms with Gasteiger partial charge in [-0.05, 0) is 31.5 Å². The Hall–Kier alpha value is -2.34. The van der Waals surface area contributed by atoms with Gasteiger partial charge in [-0.1, -0.05) is 12.1 Å². The third kappa shape index (κ3) is 3.76. The third-order valence-electron chi connectivity index (χ3n) is 3.89. The van der Waals surface area contributed by atoms with Crippen molar-refractivity contribution in [2.24, 2.45) is 0 Å². The molecule has 0 N–H and O–H groups in total. The van der Waals surface area contributed by atoms with E-state index in [1.165, 1.54) is 24.1 Å². The lowest BCUT2D eigenvalue weighted by Crippen LogP contribution is -2.41. The van der Waals surface area contributed by atoms with E-state index in [-0.39, 0.29) is 11.5 Å². The number of methoxy groups -OCH3 is 1. The third-order valence-corrected chi connectivity index (χ3v) is 3.89. The lowest BCUT2D eigenvalue weighted by molar-refractivity contribution is -0.142. The van der Waals surface area contributed by atoms with Gasteiger partial charge in [-0.2, -0.15) is 0 Å². The molecule has 1 aromatic carbocycles. The molecule has 2 aromatic rings. The topological polar surface area (TPSA) is 42.4 Å². The largest absolute Gasteiger partial charge is 0.372 e. The van der Waals surface area contributed by atoms with Crippen LogP contribution in [-0.2, 0) is 9.53 Å². The number of hydrogen-bond donors (Lipinski definition) is 0. The molecule has 0 unspecified atom stereocenters. The first-order chi connectivity index (χ1) is 11.5. The Morgan fingerprint density at radius 2 is 2.08 bits per heavy atom. The molecule has 0 aliphatic rings. The van der Waals surface area contributed by atoms with Crippen LogP contribution in [-0.4, -0.2) is 35.5 Å². The predicted octanol–water partition coefficient (Wildman–Crippen LogP) is 3.33. The van der Waals surface area contributed by atoms with Crippen molar-refractivity contribution in [1.29, 1.82) is 0 Å². The summed E-state index contributed by atoms with van der Waals surface area (Å²) < 4.78 is 32.8. The van der Waals surface area contributed by atoms with Gasteiger partial charge < -0.3 is 9.64 Å². The van der Waals surface area contributed by atoms with E-state index in [9.17, 15) is 13.6 Å². The molecule has 0 fully saturated rings. The number of halogens is 2. The van der Waals surface area contributed by atoms with Gasteiger partial charge in [-0.15, -0.1) is 0 Å². The smallest absolute Gasteiger partial charge is 0.252 e. The van der Waals surface area contributed by atoms with Gasteiger partial charge in [0.1, 0.15) is 17.7 Å². The monoisotopic (exact) mass is 334 g/mol. The molecule has 0 aliphatic carbocycles. The normalized spacial score (nSPS) is 13.4. The molecule has 6 heteroatoms. The average Bonchev–Trinajstić information content (AvgIpc) is 2.60. The Labute approximate surface area is 140 Å². The van der Waals surface area contributed by atoms with Gasteiger partial charge in [0.2, 0.25) is 0 Å². The summed E-state index contributed by atoms with van der Waals surface area (Å²) in [6.07, 6.45) is 2.49. The highest BCUT2D eigenvalue weighted by molar-refractivity contribution is 5.81. The van der Waals surface area contributed by atoms with Gasteiger partial charge >= 0.3 is 0 Å². The fourth-order valence-electron chi connectivity index (χ4n) is 2.59. The van der Waals surface area contributed by atoms with Crippen molar-refractivity contribution in [2.75, 3.05) is 13.7 Å². The molecule has 1 heterocycles. The van der Waals surface area contributed by atoms with Crippen molar-refractivity contribution in [3.63, 3.8) is 0 Å². The molecule has 2 atom stereocenters. The summed E-state index contributed by atoms with van der Waals surface area (Å²) in [5.74, 6) is -1.65. The molecular weight excluding hydrogens is 314 g/mol. The molecule has 4 nitrogen and oxygen atoms in total. The maximum Gasteiger partial charge on any atom is 0.252 e. The molecule has 1 aromatic heterocycles. The van der Waals surface area contributed by atoms with E-state index in [2.05, 4.69) is 4.98 Å². The van der Waals surface area contributed by atoms with Gasteiger partial charge in [-0.25, -0.2) is 8.78 Å². The molecular formula is C18H20F2N2O2. The fourth-order valence-corrected chi connectivity index (χ4v) is 2.59. The number of carbonyl (C=O) groups excluding carboxylic acids is 1. The second kappa shape index (κ2) is 7.97. The molecule has 1 amide bonds. The zero-order chi connectivity index (χ0) is 17.7. The number of aromatic nitrogens is 1. The summed E-state index contributed by atoms with van der Waals surface area (Å²) in [6, 6.07) is 6.11. The fraction of sp³-hybridized carbons (Fsp3) is 0.333. The minimum Gasteiger partial charge on any atom is -0.372 e. The summed E-state index contributed by atoms with van der Waals surface area (Å²) in [7, 11) is 1.44. The number of carbonyl (C=O) groups is 1. The van der Waals surface area contributed by atoms with Crippen LogP contribution in [0.2, 0.25) is 0 Å². The van der Waals surface area contributed by atoms with E-state index >= 15 is 0 Å². The Balaban J connectivity index is 2.56. The first-order valence-corrected chi connectivity index (χ1v) is 7.67. The van der Waals surface area contributed by atoms with Gasteiger partial charge in [0, 0.05) is 37.7 Å². The zero-order valence-corrected chi connectivity index (χ0v) is 13.9. The standard InChI is InChI=1S/C18H20F2N2O2/c1-4-22(18(23)12(2)24-3)17(13-6-5-9-21-11-13)15-8-7-14(19)10-16(15)20/h5-12,17H,4H2,1-3H3/t12-,17+/m0/s1. The van der Waals surface area contributed by atoms with Crippen molar-refractivity contribution in [3.05, 3.63) is 65.5 Å². The van der Waals surface area contributed by atoms with Crippen molar-refractivity contribution in [2.45, 2.75) is 26.0 Å². The molecule has 0 spiro atoms. The number of pyridine rings is 1. The number of likely N-dealkylation sites (N-methyl/N-ethyl adjacent to an activating group) is 1. The van der Waals surface area contributed by atoms with Crippen LogP contribution >= 0.6 is 0 Å². The van der Waals surface area contributed by atoms with Crippen LogP contribution in [0.5, 0.6) is 0 Å². The number of hydrogen-bond acceptors (Lipinski definition) is 3. The molecule has 128 valence electrons. The molecule has 2 rings (SSSR count). The molecule has 0 aliphatic heterocycles. The lowest BCUT2D eigenvalue weighted by atomic mass is 9.97. The van der Waals surface area contributed by atoms with Gasteiger partial charge in [-0.3, -0.25) is 9.78 Å². The van der Waals surface area contributed by atoms with Crippen LogP contribution < -0.4 is 0 Å². The highest BCUT2D eigenvalue weighted by Crippen LogP contribution is 2.31. The number of rotatable bonds is 6. The molecule has 0 saturated carbocycles. The summed E-state index contributed by atoms with van der Waals surface area (Å²) in [6.45, 7) is 3.76. The van der Waals surface area contributed by atoms with Crippen molar-refractivity contribution in [1.82, 2.24) is 9.88 Å². The Morgan fingerprint density at radius 3 is 2.62 bits per heavy atom. The van der Waals surface area contributed by atoms with Crippen LogP contribution in [0.15, 0.2) is 42.7 Å².